The molecule has 0 fully saturated rings. The van der Waals surface area contributed by atoms with Gasteiger partial charge in [0, 0.05) is 15.5 Å². The molecule has 11 heteroatoms. The summed E-state index contributed by atoms with van der Waals surface area (Å²) in [5, 5.41) is 4.88. The SMILES string of the molecule is CCOC(=O)c1c(NC(=O)CSc2ncnc3c(-c4ccc(Cl)cc4)nsc23)sc2c1CCCC2. The Bertz CT molecular complexity index is 1400. The highest BCUT2D eigenvalue weighted by Gasteiger charge is 2.27. The molecule has 0 atom stereocenters. The zero-order valence-corrected chi connectivity index (χ0v) is 22.0. The number of benzene rings is 1. The number of carbonyl (C=O) groups is 2. The molecule has 4 aromatic rings. The Morgan fingerprint density at radius 3 is 2.77 bits per heavy atom. The molecule has 0 spiro atoms. The maximum Gasteiger partial charge on any atom is 0.341 e. The molecule has 35 heavy (non-hydrogen) atoms. The summed E-state index contributed by atoms with van der Waals surface area (Å²) in [5.41, 5.74) is 3.97. The Labute approximate surface area is 219 Å². The minimum atomic E-state index is -0.369. The van der Waals surface area contributed by atoms with Crippen molar-refractivity contribution in [3.05, 3.63) is 51.6 Å². The van der Waals surface area contributed by atoms with E-state index in [2.05, 4.69) is 19.7 Å². The Balaban J connectivity index is 1.33. The number of amides is 1. The number of anilines is 1. The van der Waals surface area contributed by atoms with Crippen molar-refractivity contribution in [2.24, 2.45) is 0 Å². The molecule has 0 saturated carbocycles. The maximum absolute atomic E-state index is 12.9. The van der Waals surface area contributed by atoms with Crippen molar-refractivity contribution in [2.75, 3.05) is 17.7 Å². The van der Waals surface area contributed by atoms with Gasteiger partial charge in [0.05, 0.1) is 17.9 Å². The summed E-state index contributed by atoms with van der Waals surface area (Å²) in [5.74, 6) is -0.425. The van der Waals surface area contributed by atoms with Gasteiger partial charge >= 0.3 is 5.97 Å². The van der Waals surface area contributed by atoms with E-state index in [0.717, 1.165) is 52.7 Å². The monoisotopic (exact) mass is 544 g/mol. The number of rotatable bonds is 7. The third-order valence-corrected chi connectivity index (χ3v) is 9.01. The molecule has 7 nitrogen and oxygen atoms in total. The van der Waals surface area contributed by atoms with E-state index >= 15 is 0 Å². The van der Waals surface area contributed by atoms with E-state index in [0.29, 0.717) is 27.2 Å². The zero-order valence-electron chi connectivity index (χ0n) is 18.8. The fourth-order valence-electron chi connectivity index (χ4n) is 4.01. The number of thiophene rings is 1. The van der Waals surface area contributed by atoms with Crippen LogP contribution in [-0.4, -0.2) is 38.6 Å². The van der Waals surface area contributed by atoms with Crippen molar-refractivity contribution in [3.8, 4) is 11.3 Å². The van der Waals surface area contributed by atoms with Crippen molar-refractivity contribution in [1.82, 2.24) is 14.3 Å². The van der Waals surface area contributed by atoms with E-state index in [1.807, 2.05) is 24.3 Å². The second kappa shape index (κ2) is 10.6. The predicted octanol–water partition coefficient (Wildman–Crippen LogP) is 6.25. The summed E-state index contributed by atoms with van der Waals surface area (Å²) < 4.78 is 10.7. The summed E-state index contributed by atoms with van der Waals surface area (Å²) in [6.07, 6.45) is 5.39. The van der Waals surface area contributed by atoms with Gasteiger partial charge in [-0.05, 0) is 61.8 Å². The first-order valence-electron chi connectivity index (χ1n) is 11.2. The van der Waals surface area contributed by atoms with Crippen LogP contribution < -0.4 is 5.32 Å². The average Bonchev–Trinajstić information content (AvgIpc) is 3.45. The van der Waals surface area contributed by atoms with Gasteiger partial charge < -0.3 is 10.1 Å². The van der Waals surface area contributed by atoms with Crippen molar-refractivity contribution in [1.29, 1.82) is 0 Å². The van der Waals surface area contributed by atoms with Crippen LogP contribution in [0.25, 0.3) is 21.5 Å². The van der Waals surface area contributed by atoms with Gasteiger partial charge in [0.25, 0.3) is 0 Å². The van der Waals surface area contributed by atoms with Gasteiger partial charge in [0.1, 0.15) is 32.3 Å². The van der Waals surface area contributed by atoms with E-state index in [1.54, 1.807) is 6.92 Å². The van der Waals surface area contributed by atoms with Crippen LogP contribution in [0.4, 0.5) is 5.00 Å². The smallest absolute Gasteiger partial charge is 0.341 e. The molecule has 1 amide bonds. The van der Waals surface area contributed by atoms with E-state index in [1.165, 1.54) is 45.8 Å². The molecule has 0 aliphatic heterocycles. The van der Waals surface area contributed by atoms with Crippen LogP contribution in [0.2, 0.25) is 5.02 Å². The molecule has 0 unspecified atom stereocenters. The minimum absolute atomic E-state index is 0.144. The highest BCUT2D eigenvalue weighted by Crippen LogP contribution is 2.39. The first-order chi connectivity index (χ1) is 17.0. The number of nitrogens with one attached hydrogen (secondary N) is 1. The number of hydrogen-bond donors (Lipinski definition) is 1. The fourth-order valence-corrected chi connectivity index (χ4v) is 7.15. The first-order valence-corrected chi connectivity index (χ1v) is 14.1. The lowest BCUT2D eigenvalue weighted by Gasteiger charge is -2.12. The van der Waals surface area contributed by atoms with Gasteiger partial charge in [0.15, 0.2) is 0 Å². The van der Waals surface area contributed by atoms with Gasteiger partial charge in [-0.2, -0.15) is 4.37 Å². The molecule has 1 N–H and O–H groups in total. The lowest BCUT2D eigenvalue weighted by atomic mass is 9.95. The van der Waals surface area contributed by atoms with Crippen LogP contribution in [-0.2, 0) is 22.4 Å². The largest absolute Gasteiger partial charge is 0.462 e. The highest BCUT2D eigenvalue weighted by atomic mass is 35.5. The Morgan fingerprint density at radius 2 is 1.97 bits per heavy atom. The number of fused-ring (bicyclic) bond motifs is 2. The molecule has 180 valence electrons. The number of aryl methyl sites for hydroxylation is 1. The molecule has 3 aromatic heterocycles. The second-order valence-corrected chi connectivity index (χ2v) is 11.1. The van der Waals surface area contributed by atoms with E-state index in [-0.39, 0.29) is 17.6 Å². The molecular weight excluding hydrogens is 524 g/mol. The molecule has 1 aromatic carbocycles. The summed E-state index contributed by atoms with van der Waals surface area (Å²) in [6.45, 7) is 2.08. The fraction of sp³-hybridized carbons (Fsp3) is 0.292. The van der Waals surface area contributed by atoms with E-state index in [4.69, 9.17) is 16.3 Å². The topological polar surface area (TPSA) is 94.1 Å². The van der Waals surface area contributed by atoms with Crippen molar-refractivity contribution >= 4 is 73.3 Å². The molecule has 1 aliphatic carbocycles. The highest BCUT2D eigenvalue weighted by molar-refractivity contribution is 8.00. The van der Waals surface area contributed by atoms with Gasteiger partial charge in [-0.25, -0.2) is 14.8 Å². The Kier molecular flexibility index (Phi) is 7.33. The minimum Gasteiger partial charge on any atom is -0.462 e. The number of esters is 1. The molecule has 0 radical (unpaired) electrons. The van der Waals surface area contributed by atoms with Crippen LogP contribution in [0.15, 0.2) is 35.6 Å². The van der Waals surface area contributed by atoms with Crippen LogP contribution >= 0.6 is 46.2 Å². The summed E-state index contributed by atoms with van der Waals surface area (Å²) in [4.78, 5) is 35.5. The average molecular weight is 545 g/mol. The van der Waals surface area contributed by atoms with Crippen LogP contribution in [0, 0.1) is 0 Å². The Morgan fingerprint density at radius 1 is 1.17 bits per heavy atom. The molecule has 0 bridgehead atoms. The number of carbonyl (C=O) groups excluding carboxylic acids is 2. The first kappa shape index (κ1) is 24.2. The number of hydrogen-bond acceptors (Lipinski definition) is 9. The van der Waals surface area contributed by atoms with Crippen LogP contribution in [0.5, 0.6) is 0 Å². The van der Waals surface area contributed by atoms with Gasteiger partial charge in [0.2, 0.25) is 5.91 Å². The van der Waals surface area contributed by atoms with E-state index < -0.39 is 0 Å². The summed E-state index contributed by atoms with van der Waals surface area (Å²) in [7, 11) is 0. The molecule has 1 aliphatic rings. The van der Waals surface area contributed by atoms with Crippen LogP contribution in [0.1, 0.15) is 40.6 Å². The number of thioether (sulfide) groups is 1. The number of ether oxygens (including phenoxy) is 1. The second-order valence-electron chi connectivity index (χ2n) is 7.87. The van der Waals surface area contributed by atoms with Crippen LogP contribution in [0.3, 0.4) is 0 Å². The quantitative estimate of drug-likeness (QED) is 0.167. The van der Waals surface area contributed by atoms with Crippen molar-refractivity contribution < 1.29 is 14.3 Å². The normalized spacial score (nSPS) is 13.0. The molecule has 3 heterocycles. The number of halogens is 1. The standard InChI is InChI=1S/C24H21ClN4O3S3/c1-2-32-24(31)18-15-5-3-4-6-16(15)34-22(18)28-17(30)11-33-23-21-20(26-12-27-23)19(29-35-21)13-7-9-14(25)10-8-13/h7-10,12H,2-6,11H2,1H3,(H,28,30). The number of aromatic nitrogens is 3. The molecule has 0 saturated heterocycles. The third kappa shape index (κ3) is 5.06. The zero-order chi connectivity index (χ0) is 24.4. The van der Waals surface area contributed by atoms with Gasteiger partial charge in [-0.1, -0.05) is 35.5 Å². The third-order valence-electron chi connectivity index (χ3n) is 5.59. The predicted molar refractivity (Wildman–Crippen MR) is 142 cm³/mol. The van der Waals surface area contributed by atoms with Gasteiger partial charge in [-0.15, -0.1) is 11.3 Å². The lowest BCUT2D eigenvalue weighted by Crippen LogP contribution is -2.17. The van der Waals surface area contributed by atoms with Gasteiger partial charge in [-0.3, -0.25) is 4.79 Å². The summed E-state index contributed by atoms with van der Waals surface area (Å²) >= 11 is 10.1. The van der Waals surface area contributed by atoms with E-state index in [9.17, 15) is 9.59 Å². The van der Waals surface area contributed by atoms with Crippen molar-refractivity contribution in [3.63, 3.8) is 0 Å². The maximum atomic E-state index is 12.9. The van der Waals surface area contributed by atoms with Crippen molar-refractivity contribution in [2.45, 2.75) is 37.6 Å². The lowest BCUT2D eigenvalue weighted by molar-refractivity contribution is -0.113. The molecular formula is C24H21ClN4O3S3. The summed E-state index contributed by atoms with van der Waals surface area (Å²) in [6, 6.07) is 7.44. The Hall–Kier alpha value is -2.53. The molecule has 5 rings (SSSR count). The number of nitrogens with zero attached hydrogens (tertiary/aromatic N) is 3.